The van der Waals surface area contributed by atoms with Gasteiger partial charge < -0.3 is 50.9 Å². The van der Waals surface area contributed by atoms with Crippen LogP contribution < -0.4 is 21.3 Å². The van der Waals surface area contributed by atoms with E-state index in [0.717, 1.165) is 11.4 Å². The molecule has 0 saturated carbocycles. The van der Waals surface area contributed by atoms with Crippen molar-refractivity contribution in [2.45, 2.75) is 12.0 Å². The zero-order valence-corrected chi connectivity index (χ0v) is 17.9. The average Bonchev–Trinajstić information content (AvgIpc) is 2.61. The molecule has 13 nitrogen and oxygen atoms in total. The fourth-order valence-corrected chi connectivity index (χ4v) is 2.73. The van der Waals surface area contributed by atoms with Gasteiger partial charge in [0.1, 0.15) is 11.4 Å². The predicted molar refractivity (Wildman–Crippen MR) is 102 cm³/mol. The van der Waals surface area contributed by atoms with Crippen molar-refractivity contribution in [1.82, 2.24) is 0 Å². The van der Waals surface area contributed by atoms with Gasteiger partial charge in [-0.2, -0.15) is 0 Å². The van der Waals surface area contributed by atoms with Crippen LogP contribution in [0.3, 0.4) is 0 Å². The maximum absolute atomic E-state index is 10.3. The molecule has 0 saturated heterocycles. The fourth-order valence-electron chi connectivity index (χ4n) is 1.45. The zero-order valence-electron chi connectivity index (χ0n) is 16.1. The Morgan fingerprint density at radius 1 is 0.806 bits per heavy atom. The van der Waals surface area contributed by atoms with E-state index in [-0.39, 0.29) is 6.92 Å². The molecule has 0 heterocycles. The summed E-state index contributed by atoms with van der Waals surface area (Å²) in [5.74, 6) is -1.81. The van der Waals surface area contributed by atoms with Crippen molar-refractivity contribution in [3.05, 3.63) is 59.7 Å². The van der Waals surface area contributed by atoms with E-state index >= 15 is 0 Å². The summed E-state index contributed by atoms with van der Waals surface area (Å²) in [7, 11) is -11.0. The number of aliphatic hydroxyl groups is 1. The maximum atomic E-state index is 10.3. The summed E-state index contributed by atoms with van der Waals surface area (Å²) in [6, 6.07) is 12.8. The fraction of sp³-hybridized carbons (Fsp3) is 0.125. The second kappa shape index (κ2) is 11.3. The molecule has 1 atom stereocenters. The Balaban J connectivity index is 0.000000436. The first-order valence-electron chi connectivity index (χ1n) is 8.01. The molecule has 31 heavy (non-hydrogen) atoms. The highest BCUT2D eigenvalue weighted by molar-refractivity contribution is 7.70. The molecule has 0 aliphatic heterocycles. The Morgan fingerprint density at radius 2 is 1.06 bits per heavy atom. The summed E-state index contributed by atoms with van der Waals surface area (Å²) >= 11 is 0. The SMILES string of the molecule is CC(O)(P(=O)([O-])[O-])P(=O)(O)O.[NH3+]c1ccc(C(=O)O)cc1.[NH3+]c1ccc(C(=O)O)cc1. The second-order valence-corrected chi connectivity index (χ2v) is 10.2. The van der Waals surface area contributed by atoms with Crippen LogP contribution in [-0.2, 0) is 9.13 Å². The Morgan fingerprint density at radius 3 is 1.19 bits per heavy atom. The van der Waals surface area contributed by atoms with Gasteiger partial charge in [-0.15, -0.1) is 0 Å². The van der Waals surface area contributed by atoms with Crippen LogP contribution in [0.4, 0.5) is 11.4 Å². The molecule has 0 bridgehead atoms. The number of carbonyl (C=O) groups is 2. The van der Waals surface area contributed by atoms with E-state index in [1.807, 2.05) is 0 Å². The first-order valence-corrected chi connectivity index (χ1v) is 11.2. The molecule has 0 fully saturated rings. The van der Waals surface area contributed by atoms with E-state index < -0.39 is 32.2 Å². The standard InChI is InChI=1S/2C7H7NO2.C2H8O7P2/c2*8-6-3-1-5(2-4-6)7(9)10;1-2(3,10(4,5)6)11(7,8)9/h2*1-4H,8H2,(H,9,10);3H,1H3,(H2,4,5,6)(H2,7,8,9). The number of carboxylic acid groups (broad SMARTS) is 2. The molecule has 15 heteroatoms. The summed E-state index contributed by atoms with van der Waals surface area (Å²) in [4.78, 5) is 57.0. The lowest BCUT2D eigenvalue weighted by atomic mass is 10.2. The van der Waals surface area contributed by atoms with Crippen molar-refractivity contribution < 1.29 is 65.1 Å². The topological polar surface area (TPSA) is 271 Å². The van der Waals surface area contributed by atoms with E-state index in [2.05, 4.69) is 11.5 Å². The molecule has 0 radical (unpaired) electrons. The first kappa shape index (κ1) is 28.6. The number of aromatic carboxylic acids is 2. The number of hydrogen-bond acceptors (Lipinski definition) is 7. The third-order valence-corrected chi connectivity index (χ3v) is 7.13. The van der Waals surface area contributed by atoms with Crippen molar-refractivity contribution in [1.29, 1.82) is 0 Å². The minimum Gasteiger partial charge on any atom is -0.808 e. The number of rotatable bonds is 4. The molecular weight excluding hydrogens is 458 g/mol. The largest absolute Gasteiger partial charge is 0.808 e. The Kier molecular flexibility index (Phi) is 10.4. The number of benzene rings is 2. The lowest BCUT2D eigenvalue weighted by Crippen LogP contribution is -2.39. The number of carboxylic acids is 2. The van der Waals surface area contributed by atoms with E-state index in [4.69, 9.17) is 25.1 Å². The van der Waals surface area contributed by atoms with Gasteiger partial charge in [-0.3, -0.25) is 4.57 Å². The van der Waals surface area contributed by atoms with E-state index in [1.54, 1.807) is 24.3 Å². The van der Waals surface area contributed by atoms with Gasteiger partial charge in [0, 0.05) is 0 Å². The lowest BCUT2D eigenvalue weighted by Gasteiger charge is -2.42. The number of quaternary nitrogens is 2. The van der Waals surface area contributed by atoms with Gasteiger partial charge >= 0.3 is 19.5 Å². The summed E-state index contributed by atoms with van der Waals surface area (Å²) in [5.41, 5.74) is 9.50. The highest BCUT2D eigenvalue weighted by atomic mass is 31.2. The van der Waals surface area contributed by atoms with Crippen LogP contribution in [0, 0.1) is 0 Å². The van der Waals surface area contributed by atoms with E-state index in [0.29, 0.717) is 11.1 Å². The van der Waals surface area contributed by atoms with Crippen molar-refractivity contribution in [2.75, 3.05) is 0 Å². The molecule has 0 aliphatic carbocycles. The molecule has 0 amide bonds. The summed E-state index contributed by atoms with van der Waals surface area (Å²) in [6.45, 7) is 0.258. The summed E-state index contributed by atoms with van der Waals surface area (Å²) in [6.07, 6.45) is 0. The molecule has 0 aromatic heterocycles. The van der Waals surface area contributed by atoms with Crippen LogP contribution in [0.2, 0.25) is 0 Å². The van der Waals surface area contributed by atoms with Crippen molar-refractivity contribution in [3.63, 3.8) is 0 Å². The highest BCUT2D eigenvalue weighted by Gasteiger charge is 2.43. The minimum absolute atomic E-state index is 0.258. The normalized spacial score (nSPS) is 12.9. The van der Waals surface area contributed by atoms with Gasteiger partial charge in [0.15, 0.2) is 5.08 Å². The molecular formula is C16H22N2O11P2. The van der Waals surface area contributed by atoms with Crippen molar-refractivity contribution >= 4 is 38.5 Å². The van der Waals surface area contributed by atoms with Crippen molar-refractivity contribution in [2.24, 2.45) is 0 Å². The lowest BCUT2D eigenvalue weighted by molar-refractivity contribution is -0.324. The third kappa shape index (κ3) is 9.49. The molecule has 0 spiro atoms. The van der Waals surface area contributed by atoms with Crippen LogP contribution in [0.1, 0.15) is 27.6 Å². The molecule has 11 N–H and O–H groups in total. The third-order valence-electron chi connectivity index (χ3n) is 3.47. The Labute approximate surface area is 175 Å². The maximum Gasteiger partial charge on any atom is 0.361 e. The van der Waals surface area contributed by atoms with E-state index in [9.17, 15) is 28.5 Å². The minimum atomic E-state index is -5.70. The van der Waals surface area contributed by atoms with Crippen LogP contribution >= 0.6 is 15.2 Å². The van der Waals surface area contributed by atoms with Crippen LogP contribution in [-0.4, -0.2) is 42.1 Å². The van der Waals surface area contributed by atoms with Gasteiger partial charge in [-0.05, 0) is 63.1 Å². The molecule has 172 valence electrons. The smallest absolute Gasteiger partial charge is 0.361 e. The molecule has 1 unspecified atom stereocenters. The van der Waals surface area contributed by atoms with Gasteiger partial charge in [-0.25, -0.2) is 9.59 Å². The molecule has 2 rings (SSSR count). The Hall–Kier alpha value is -2.44. The first-order chi connectivity index (χ1) is 13.9. The van der Waals surface area contributed by atoms with Crippen molar-refractivity contribution in [3.8, 4) is 0 Å². The highest BCUT2D eigenvalue weighted by Crippen LogP contribution is 2.62. The van der Waals surface area contributed by atoms with Gasteiger partial charge in [0.25, 0.3) is 0 Å². The summed E-state index contributed by atoms with van der Waals surface area (Å²) in [5, 5.41) is 21.9. The van der Waals surface area contributed by atoms with Gasteiger partial charge in [0.2, 0.25) is 0 Å². The quantitative estimate of drug-likeness (QED) is 0.241. The molecule has 2 aromatic rings. The molecule has 0 aliphatic rings. The van der Waals surface area contributed by atoms with Crippen LogP contribution in [0.5, 0.6) is 0 Å². The average molecular weight is 480 g/mol. The Bertz CT molecular complexity index is 900. The molecule has 2 aromatic carbocycles. The monoisotopic (exact) mass is 480 g/mol. The van der Waals surface area contributed by atoms with Crippen LogP contribution in [0.15, 0.2) is 48.5 Å². The zero-order chi connectivity index (χ0) is 24.6. The van der Waals surface area contributed by atoms with Gasteiger partial charge in [0.05, 0.1) is 11.1 Å². The predicted octanol–water partition coefficient (Wildman–Crippen LogP) is -1.74. The number of hydrogen-bond donors (Lipinski definition) is 7. The van der Waals surface area contributed by atoms with Gasteiger partial charge in [-0.1, -0.05) is 0 Å². The second-order valence-electron chi connectivity index (χ2n) is 6.02. The van der Waals surface area contributed by atoms with E-state index in [1.165, 1.54) is 24.3 Å². The summed E-state index contributed by atoms with van der Waals surface area (Å²) < 4.78 is 20.2. The van der Waals surface area contributed by atoms with Crippen LogP contribution in [0.25, 0.3) is 0 Å².